The summed E-state index contributed by atoms with van der Waals surface area (Å²) in [6, 6.07) is 19.2. The molecule has 0 amide bonds. The van der Waals surface area contributed by atoms with E-state index in [0.29, 0.717) is 6.04 Å². The molecule has 0 aromatic heterocycles. The van der Waals surface area contributed by atoms with Gasteiger partial charge in [-0.15, -0.1) is 0 Å². The fourth-order valence-corrected chi connectivity index (χ4v) is 15.9. The van der Waals surface area contributed by atoms with Gasteiger partial charge in [0, 0.05) is 19.7 Å². The zero-order chi connectivity index (χ0) is 32.7. The van der Waals surface area contributed by atoms with Gasteiger partial charge in [-0.05, 0) is 121 Å². The van der Waals surface area contributed by atoms with Crippen molar-refractivity contribution in [3.63, 3.8) is 0 Å². The zero-order valence-electron chi connectivity index (χ0n) is 29.0. The van der Waals surface area contributed by atoms with Gasteiger partial charge in [-0.25, -0.2) is 0 Å². The first-order valence-corrected chi connectivity index (χ1v) is 26.2. The second-order valence-electron chi connectivity index (χ2n) is 14.6. The predicted octanol–water partition coefficient (Wildman–Crippen LogP) is 13.0. The molecule has 0 radical (unpaired) electrons. The van der Waals surface area contributed by atoms with E-state index in [1.165, 1.54) is 60.3 Å². The van der Waals surface area contributed by atoms with Crippen LogP contribution in [0.3, 0.4) is 0 Å². The molecule has 0 unspecified atom stereocenters. The Kier molecular flexibility index (Phi) is 16.6. The number of hydrogen-bond acceptors (Lipinski definition) is 2. The molecule has 4 fully saturated rings. The fourth-order valence-electron chi connectivity index (χ4n) is 8.88. The van der Waals surface area contributed by atoms with Gasteiger partial charge in [0.2, 0.25) is 0 Å². The Bertz CT molecular complexity index is 1170. The monoisotopic (exact) mass is 784 g/mol. The van der Waals surface area contributed by atoms with Crippen molar-refractivity contribution in [2.45, 2.75) is 158 Å². The summed E-state index contributed by atoms with van der Waals surface area (Å²) in [4.78, 5) is 4.63. The first kappa shape index (κ1) is 37.5. The van der Waals surface area contributed by atoms with Gasteiger partial charge in [0.1, 0.15) is 0 Å². The topological polar surface area (TPSA) is 6.48 Å². The summed E-state index contributed by atoms with van der Waals surface area (Å²) in [6.07, 6.45) is 35.0. The van der Waals surface area contributed by atoms with E-state index < -0.39 is 13.5 Å². The van der Waals surface area contributed by atoms with Crippen LogP contribution in [0, 0.1) is 13.6 Å². The first-order valence-electron chi connectivity index (χ1n) is 19.0. The van der Waals surface area contributed by atoms with Gasteiger partial charge in [0.25, 0.3) is 0 Å². The molecular formula is C41H61Cl2N2PRu. The van der Waals surface area contributed by atoms with Crippen LogP contribution < -0.4 is 4.90 Å². The molecule has 7 rings (SSSR count). The summed E-state index contributed by atoms with van der Waals surface area (Å²) < 4.78 is 1.92. The number of anilines is 1. The number of para-hydroxylation sites is 1. The van der Waals surface area contributed by atoms with Crippen LogP contribution in [0.4, 0.5) is 5.69 Å². The van der Waals surface area contributed by atoms with Crippen LogP contribution in [0.15, 0.2) is 67.0 Å². The molecule has 6 heteroatoms. The van der Waals surface area contributed by atoms with E-state index in [1.807, 2.05) is 34.9 Å². The van der Waals surface area contributed by atoms with Crippen LogP contribution in [0.5, 0.6) is 0 Å². The average Bonchev–Trinajstić information content (AvgIpc) is 3.62. The van der Waals surface area contributed by atoms with Crippen molar-refractivity contribution in [2.24, 2.45) is 0 Å². The molecule has 0 N–H and O–H groups in total. The molecule has 0 bridgehead atoms. The van der Waals surface area contributed by atoms with Crippen LogP contribution >= 0.6 is 27.3 Å². The van der Waals surface area contributed by atoms with Gasteiger partial charge in [0.15, 0.2) is 0 Å². The number of benzene rings is 2. The van der Waals surface area contributed by atoms with E-state index in [4.69, 9.17) is 19.4 Å². The average molecular weight is 785 g/mol. The third-order valence-electron chi connectivity index (χ3n) is 11.3. The Morgan fingerprint density at radius 1 is 0.617 bits per heavy atom. The van der Waals surface area contributed by atoms with Crippen molar-refractivity contribution in [3.05, 3.63) is 84.8 Å². The predicted molar refractivity (Wildman–Crippen MR) is 208 cm³/mol. The summed E-state index contributed by atoms with van der Waals surface area (Å²) in [6.45, 7) is 4.42. The van der Waals surface area contributed by atoms with Crippen molar-refractivity contribution >= 4 is 37.6 Å². The normalized spacial score (nSPS) is 21.9. The van der Waals surface area contributed by atoms with Gasteiger partial charge >= 0.3 is 73.4 Å². The maximum absolute atomic E-state index is 5.67. The molecule has 2 aromatic rings. The number of rotatable bonds is 6. The molecule has 4 aliphatic carbocycles. The first-order chi connectivity index (χ1) is 23.1. The van der Waals surface area contributed by atoms with E-state index >= 15 is 0 Å². The van der Waals surface area contributed by atoms with Crippen LogP contribution in [0.2, 0.25) is 0 Å². The molecule has 4 saturated carbocycles. The Labute approximate surface area is 302 Å². The second kappa shape index (κ2) is 20.8. The van der Waals surface area contributed by atoms with Crippen LogP contribution in [0.25, 0.3) is 0 Å². The van der Waals surface area contributed by atoms with Crippen molar-refractivity contribution in [1.82, 2.24) is 4.90 Å². The molecule has 5 aliphatic rings. The molecule has 262 valence electrons. The Morgan fingerprint density at radius 2 is 1.09 bits per heavy atom. The van der Waals surface area contributed by atoms with E-state index in [1.54, 1.807) is 96.3 Å². The number of hydrogen-bond donors (Lipinski definition) is 0. The SMILES string of the molecule is C1CCC([PH+](C2CCCCC2)C2CCCCC2)CC1.Cc1ccccc1N1C=CN(C2CCCCC2)[CH-]1.[Cl][Ru]([Cl])=[CH]c1ccccc1. The summed E-state index contributed by atoms with van der Waals surface area (Å²) >= 11 is -1.61. The molecule has 0 atom stereocenters. The van der Waals surface area contributed by atoms with E-state index in [-0.39, 0.29) is 7.92 Å². The summed E-state index contributed by atoms with van der Waals surface area (Å²) in [5.74, 6) is 0. The van der Waals surface area contributed by atoms with Crippen molar-refractivity contribution < 1.29 is 13.5 Å². The minimum absolute atomic E-state index is 0.0465. The maximum atomic E-state index is 5.67. The Hall–Kier alpha value is -0.717. The standard InChI is InChI=1S/C18H33P.C16H21N2.C7H6.2ClH.Ru/c1-4-10-16(11-5-1)19(17-12-6-2-7-13-17)18-14-8-3-9-15-18;1-14-7-5-6-10-16(14)18-12-11-17(13-18)15-8-3-2-4-9-15;1-7-5-3-2-4-6-7;;;/h16-18H,1-15H2;5-7,10-13,15H,2-4,8-9H2,1H3;1-6H;2*1H;/q;-1;;;;+2/p-1. The van der Waals surface area contributed by atoms with Crippen molar-refractivity contribution in [2.75, 3.05) is 4.90 Å². The van der Waals surface area contributed by atoms with E-state index in [0.717, 1.165) is 5.56 Å². The van der Waals surface area contributed by atoms with Gasteiger partial charge in [0.05, 0.1) is 17.0 Å². The molecule has 47 heavy (non-hydrogen) atoms. The molecule has 1 heterocycles. The minimum atomic E-state index is -1.61. The zero-order valence-corrected chi connectivity index (χ0v) is 33.2. The third kappa shape index (κ3) is 12.2. The van der Waals surface area contributed by atoms with Crippen molar-refractivity contribution in [3.8, 4) is 0 Å². The summed E-state index contributed by atoms with van der Waals surface area (Å²) in [5, 5.41) is 0. The van der Waals surface area contributed by atoms with Gasteiger partial charge in [-0.2, -0.15) is 6.67 Å². The fraction of sp³-hybridized carbons (Fsp3) is 0.610. The quantitative estimate of drug-likeness (QED) is 0.164. The second-order valence-corrected chi connectivity index (χ2v) is 23.7. The molecular weight excluding hydrogens is 723 g/mol. The molecule has 1 aliphatic heterocycles. The number of nitrogens with zero attached hydrogens (tertiary/aromatic N) is 2. The van der Waals surface area contributed by atoms with Crippen LogP contribution in [-0.4, -0.2) is 32.5 Å². The van der Waals surface area contributed by atoms with Gasteiger partial charge < -0.3 is 9.80 Å². The van der Waals surface area contributed by atoms with Gasteiger partial charge in [-0.1, -0.05) is 56.7 Å². The Balaban J connectivity index is 0.000000145. The number of aryl methyl sites for hydroxylation is 1. The molecule has 2 nitrogen and oxygen atoms in total. The van der Waals surface area contributed by atoms with Crippen LogP contribution in [0.1, 0.15) is 140 Å². The third-order valence-corrected chi connectivity index (χ3v) is 17.7. The Morgan fingerprint density at radius 3 is 1.57 bits per heavy atom. The molecule has 2 aromatic carbocycles. The van der Waals surface area contributed by atoms with Gasteiger partial charge in [-0.3, -0.25) is 0 Å². The van der Waals surface area contributed by atoms with E-state index in [9.17, 15) is 0 Å². The van der Waals surface area contributed by atoms with Crippen molar-refractivity contribution in [1.29, 1.82) is 0 Å². The molecule has 0 saturated heterocycles. The van der Waals surface area contributed by atoms with Crippen LogP contribution in [-0.2, 0) is 13.5 Å². The summed E-state index contributed by atoms with van der Waals surface area (Å²) in [7, 11) is 11.3. The number of halogens is 2. The summed E-state index contributed by atoms with van der Waals surface area (Å²) in [5.41, 5.74) is 7.40. The van der Waals surface area contributed by atoms with E-state index in [2.05, 4.69) is 60.1 Å². The molecule has 0 spiro atoms.